The maximum Gasteiger partial charge on any atom is 0.408 e. The number of carbonyl (C=O) groups is 2. The van der Waals surface area contributed by atoms with Crippen molar-refractivity contribution in [2.45, 2.75) is 19.1 Å². The van der Waals surface area contributed by atoms with Crippen LogP contribution in [0.3, 0.4) is 0 Å². The van der Waals surface area contributed by atoms with Crippen LogP contribution in [0, 0.1) is 11.3 Å². The van der Waals surface area contributed by atoms with Crippen LogP contribution in [0.5, 0.6) is 0 Å². The van der Waals surface area contributed by atoms with Gasteiger partial charge in [-0.1, -0.05) is 30.3 Å². The molecule has 27 heavy (non-hydrogen) atoms. The number of anilines is 1. The zero-order valence-corrected chi connectivity index (χ0v) is 15.8. The molecule has 0 fully saturated rings. The maximum atomic E-state index is 12.5. The number of nitriles is 1. The first kappa shape index (κ1) is 20.3. The van der Waals surface area contributed by atoms with Crippen molar-refractivity contribution in [3.05, 3.63) is 65.7 Å². The summed E-state index contributed by atoms with van der Waals surface area (Å²) in [7, 11) is 0. The summed E-state index contributed by atoms with van der Waals surface area (Å²) in [5, 5.41) is 14.2. The van der Waals surface area contributed by atoms with Gasteiger partial charge >= 0.3 is 6.09 Å². The van der Waals surface area contributed by atoms with Crippen LogP contribution in [-0.4, -0.2) is 30.1 Å². The average Bonchev–Trinajstić information content (AvgIpc) is 2.70. The topological polar surface area (TPSA) is 91.2 Å². The van der Waals surface area contributed by atoms with Gasteiger partial charge in [0.15, 0.2) is 0 Å². The fraction of sp³-hybridized carbons (Fsp3) is 0.250. The number of benzene rings is 2. The van der Waals surface area contributed by atoms with Crippen molar-refractivity contribution >= 4 is 29.4 Å². The van der Waals surface area contributed by atoms with E-state index in [0.717, 1.165) is 5.56 Å². The van der Waals surface area contributed by atoms with Gasteiger partial charge in [0.1, 0.15) is 12.6 Å². The number of hydrogen-bond donors (Lipinski definition) is 2. The summed E-state index contributed by atoms with van der Waals surface area (Å²) in [6.07, 6.45) is 1.77. The van der Waals surface area contributed by atoms with Gasteiger partial charge < -0.3 is 15.4 Å². The van der Waals surface area contributed by atoms with E-state index in [4.69, 9.17) is 10.00 Å². The molecule has 0 aliphatic rings. The largest absolute Gasteiger partial charge is 0.445 e. The summed E-state index contributed by atoms with van der Waals surface area (Å²) in [4.78, 5) is 24.6. The van der Waals surface area contributed by atoms with Crippen LogP contribution in [0.25, 0.3) is 0 Å². The van der Waals surface area contributed by atoms with Gasteiger partial charge in [-0.2, -0.15) is 17.0 Å². The second-order valence-electron chi connectivity index (χ2n) is 5.72. The molecule has 0 saturated heterocycles. The van der Waals surface area contributed by atoms with Crippen molar-refractivity contribution in [2.75, 3.05) is 17.3 Å². The van der Waals surface area contributed by atoms with Crippen LogP contribution in [-0.2, 0) is 16.1 Å². The van der Waals surface area contributed by atoms with E-state index < -0.39 is 12.1 Å². The zero-order chi connectivity index (χ0) is 19.5. The Hall–Kier alpha value is -2.98. The Bertz CT molecular complexity index is 788. The molecule has 0 heterocycles. The fourth-order valence-electron chi connectivity index (χ4n) is 2.27. The Kier molecular flexibility index (Phi) is 8.20. The van der Waals surface area contributed by atoms with Gasteiger partial charge in [-0.15, -0.1) is 0 Å². The van der Waals surface area contributed by atoms with E-state index in [1.165, 1.54) is 0 Å². The van der Waals surface area contributed by atoms with Crippen molar-refractivity contribution in [1.82, 2.24) is 5.32 Å². The number of alkyl carbamates (subject to hydrolysis) is 1. The number of carbonyl (C=O) groups excluding carboxylic acids is 2. The highest BCUT2D eigenvalue weighted by Crippen LogP contribution is 2.11. The van der Waals surface area contributed by atoms with Crippen molar-refractivity contribution in [1.29, 1.82) is 5.26 Å². The molecule has 1 atom stereocenters. The first-order valence-electron chi connectivity index (χ1n) is 8.39. The Morgan fingerprint density at radius 3 is 2.48 bits per heavy atom. The Labute approximate surface area is 162 Å². The molecule has 0 saturated carbocycles. The molecule has 7 heteroatoms. The van der Waals surface area contributed by atoms with Crippen LogP contribution in [0.1, 0.15) is 17.5 Å². The number of rotatable bonds is 8. The smallest absolute Gasteiger partial charge is 0.408 e. The molecule has 2 N–H and O–H groups in total. The number of amides is 2. The molecule has 0 aliphatic carbocycles. The van der Waals surface area contributed by atoms with Crippen molar-refractivity contribution in [2.24, 2.45) is 0 Å². The maximum absolute atomic E-state index is 12.5. The normalized spacial score (nSPS) is 11.1. The standard InChI is InChI=1S/C20H21N3O3S/c1-27-12-11-18(19(24)22-17-9-7-15(13-21)8-10-17)23-20(25)26-14-16-5-3-2-4-6-16/h2-10,18H,11-12,14H2,1H3,(H,22,24)(H,23,25)/t18-/m0/s1. The molecule has 2 aromatic carbocycles. The monoisotopic (exact) mass is 383 g/mol. The zero-order valence-electron chi connectivity index (χ0n) is 15.0. The molecule has 0 unspecified atom stereocenters. The SMILES string of the molecule is CSCC[C@H](NC(=O)OCc1ccccc1)C(=O)Nc1ccc(C#N)cc1. The van der Waals surface area contributed by atoms with E-state index in [0.29, 0.717) is 23.4 Å². The lowest BCUT2D eigenvalue weighted by molar-refractivity contribution is -0.118. The lowest BCUT2D eigenvalue weighted by Crippen LogP contribution is -2.44. The highest BCUT2D eigenvalue weighted by atomic mass is 32.2. The average molecular weight is 383 g/mol. The van der Waals surface area contributed by atoms with Crippen LogP contribution in [0.2, 0.25) is 0 Å². The third kappa shape index (κ3) is 7.04. The fourth-order valence-corrected chi connectivity index (χ4v) is 2.74. The minimum Gasteiger partial charge on any atom is -0.445 e. The molecule has 0 spiro atoms. The van der Waals surface area contributed by atoms with E-state index >= 15 is 0 Å². The summed E-state index contributed by atoms with van der Waals surface area (Å²) >= 11 is 1.59. The Morgan fingerprint density at radius 2 is 1.85 bits per heavy atom. The molecular formula is C20H21N3O3S. The van der Waals surface area contributed by atoms with Gasteiger partial charge in [0.25, 0.3) is 0 Å². The lowest BCUT2D eigenvalue weighted by atomic mass is 10.2. The van der Waals surface area contributed by atoms with Crippen molar-refractivity contribution < 1.29 is 14.3 Å². The van der Waals surface area contributed by atoms with Crippen LogP contribution in [0.15, 0.2) is 54.6 Å². The van der Waals surface area contributed by atoms with Crippen LogP contribution < -0.4 is 10.6 Å². The molecule has 140 valence electrons. The van der Waals surface area contributed by atoms with E-state index in [9.17, 15) is 9.59 Å². The van der Waals surface area contributed by atoms with E-state index in [2.05, 4.69) is 10.6 Å². The lowest BCUT2D eigenvalue weighted by Gasteiger charge is -2.18. The Morgan fingerprint density at radius 1 is 1.15 bits per heavy atom. The summed E-state index contributed by atoms with van der Waals surface area (Å²) in [5.41, 5.74) is 1.94. The van der Waals surface area contributed by atoms with Gasteiger partial charge in [0.2, 0.25) is 5.91 Å². The molecule has 6 nitrogen and oxygen atoms in total. The summed E-state index contributed by atoms with van der Waals surface area (Å²) in [5.74, 6) is 0.384. The van der Waals surface area contributed by atoms with Gasteiger partial charge in [-0.05, 0) is 48.3 Å². The molecule has 0 aliphatic heterocycles. The number of nitrogens with zero attached hydrogens (tertiary/aromatic N) is 1. The summed E-state index contributed by atoms with van der Waals surface area (Å²) in [6, 6.07) is 17.2. The molecule has 2 amide bonds. The first-order chi connectivity index (χ1) is 13.1. The predicted molar refractivity (Wildman–Crippen MR) is 106 cm³/mol. The molecule has 2 rings (SSSR count). The highest BCUT2D eigenvalue weighted by Gasteiger charge is 2.21. The van der Waals surface area contributed by atoms with Crippen LogP contribution in [0.4, 0.5) is 10.5 Å². The third-order valence-corrected chi connectivity index (χ3v) is 4.36. The van der Waals surface area contributed by atoms with Gasteiger partial charge in [-0.3, -0.25) is 4.79 Å². The van der Waals surface area contributed by atoms with Gasteiger partial charge in [0.05, 0.1) is 11.6 Å². The molecule has 0 radical (unpaired) electrons. The molecular weight excluding hydrogens is 362 g/mol. The third-order valence-electron chi connectivity index (χ3n) is 3.71. The number of thioether (sulfide) groups is 1. The minimum atomic E-state index is -0.712. The Balaban J connectivity index is 1.92. The van der Waals surface area contributed by atoms with Crippen LogP contribution >= 0.6 is 11.8 Å². The number of ether oxygens (including phenoxy) is 1. The summed E-state index contributed by atoms with van der Waals surface area (Å²) < 4.78 is 5.20. The first-order valence-corrected chi connectivity index (χ1v) is 9.79. The minimum absolute atomic E-state index is 0.138. The number of hydrogen-bond acceptors (Lipinski definition) is 5. The predicted octanol–water partition coefficient (Wildman–Crippen LogP) is 3.54. The van der Waals surface area contributed by atoms with E-state index in [1.807, 2.05) is 42.7 Å². The second-order valence-corrected chi connectivity index (χ2v) is 6.70. The molecule has 0 bridgehead atoms. The van der Waals surface area contributed by atoms with E-state index in [1.54, 1.807) is 36.0 Å². The van der Waals surface area contributed by atoms with Crippen molar-refractivity contribution in [3.8, 4) is 6.07 Å². The summed E-state index contributed by atoms with van der Waals surface area (Å²) in [6.45, 7) is 0.138. The molecule has 0 aromatic heterocycles. The quantitative estimate of drug-likeness (QED) is 0.727. The van der Waals surface area contributed by atoms with Gasteiger partial charge in [0, 0.05) is 5.69 Å². The molecule has 2 aromatic rings. The number of nitrogens with one attached hydrogen (secondary N) is 2. The van der Waals surface area contributed by atoms with E-state index in [-0.39, 0.29) is 12.5 Å². The highest BCUT2D eigenvalue weighted by molar-refractivity contribution is 7.98. The van der Waals surface area contributed by atoms with Gasteiger partial charge in [-0.25, -0.2) is 4.79 Å². The second kappa shape index (κ2) is 10.9. The van der Waals surface area contributed by atoms with Crippen molar-refractivity contribution in [3.63, 3.8) is 0 Å².